The number of allylic oxidation sites excluding steroid dienone is 1. The zero-order valence-corrected chi connectivity index (χ0v) is 26.2. The van der Waals surface area contributed by atoms with Crippen molar-refractivity contribution < 1.29 is 40.0 Å². The molecule has 41 heavy (non-hydrogen) atoms. The van der Waals surface area contributed by atoms with Crippen molar-refractivity contribution in [1.29, 1.82) is 0 Å². The Balaban J connectivity index is 1.66. The van der Waals surface area contributed by atoms with Crippen LogP contribution in [0.3, 0.4) is 0 Å². The zero-order valence-electron chi connectivity index (χ0n) is 23.0. The van der Waals surface area contributed by atoms with Crippen molar-refractivity contribution in [2.24, 2.45) is 5.92 Å². The Kier molecular flexibility index (Phi) is 9.87. The first-order valence-corrected chi connectivity index (χ1v) is 17.6. The summed E-state index contributed by atoms with van der Waals surface area (Å²) >= 11 is 7.84. The van der Waals surface area contributed by atoms with E-state index in [0.717, 1.165) is 38.6 Å². The van der Waals surface area contributed by atoms with E-state index in [0.29, 0.717) is 36.2 Å². The minimum atomic E-state index is -4.11. The number of hydrogen-bond donors (Lipinski definition) is 2. The van der Waals surface area contributed by atoms with Gasteiger partial charge in [0.25, 0.3) is 20.2 Å². The molecule has 2 aromatic carbocycles. The monoisotopic (exact) mass is 645 g/mol. The van der Waals surface area contributed by atoms with E-state index in [2.05, 4.69) is 11.5 Å². The van der Waals surface area contributed by atoms with Gasteiger partial charge in [-0.25, -0.2) is 0 Å². The number of aryl methyl sites for hydroxylation is 2. The van der Waals surface area contributed by atoms with E-state index in [1.54, 1.807) is 36.6 Å². The fourth-order valence-corrected chi connectivity index (χ4v) is 7.31. The van der Waals surface area contributed by atoms with E-state index in [1.807, 2.05) is 30.0 Å². The second-order valence-corrected chi connectivity index (χ2v) is 14.7. The topological polar surface area (TPSA) is 134 Å². The molecule has 0 saturated heterocycles. The number of anilines is 1. The molecule has 0 aliphatic carbocycles. The molecule has 0 bridgehead atoms. The third-order valence-electron chi connectivity index (χ3n) is 6.90. The second kappa shape index (κ2) is 12.8. The molecule has 10 nitrogen and oxygen atoms in total. The molecule has 0 radical (unpaired) electrons. The lowest BCUT2D eigenvalue weighted by molar-refractivity contribution is -0.674. The highest BCUT2D eigenvalue weighted by Gasteiger charge is 2.29. The van der Waals surface area contributed by atoms with Crippen LogP contribution in [0, 0.1) is 12.8 Å². The minimum absolute atomic E-state index is 0.0164. The molecule has 2 heterocycles. The quantitative estimate of drug-likeness (QED) is 0.194. The van der Waals surface area contributed by atoms with Crippen molar-refractivity contribution in [3.8, 4) is 11.5 Å². The summed E-state index contributed by atoms with van der Waals surface area (Å²) in [6.45, 7) is 4.73. The summed E-state index contributed by atoms with van der Waals surface area (Å²) in [5.74, 6) is 1.23. The lowest BCUT2D eigenvalue weighted by atomic mass is 10.0. The van der Waals surface area contributed by atoms with Gasteiger partial charge in [0.15, 0.2) is 18.2 Å². The summed E-state index contributed by atoms with van der Waals surface area (Å²) in [5, 5.41) is 1.55. The molecule has 0 spiro atoms. The van der Waals surface area contributed by atoms with Crippen molar-refractivity contribution in [2.75, 3.05) is 30.1 Å². The first-order chi connectivity index (χ1) is 19.3. The Morgan fingerprint density at radius 2 is 1.83 bits per heavy atom. The average molecular weight is 646 g/mol. The molecule has 1 unspecified atom stereocenters. The number of fused-ring (bicyclic) bond motifs is 2. The first-order valence-electron chi connectivity index (χ1n) is 13.1. The fourth-order valence-electron chi connectivity index (χ4n) is 4.87. The maximum Gasteiger partial charge on any atom is 0.265 e. The van der Waals surface area contributed by atoms with Crippen molar-refractivity contribution >= 4 is 59.1 Å². The van der Waals surface area contributed by atoms with Crippen LogP contribution in [0.5, 0.6) is 11.5 Å². The van der Waals surface area contributed by atoms with Crippen molar-refractivity contribution in [2.45, 2.75) is 46.1 Å². The molecular weight excluding hydrogens is 612 g/mol. The van der Waals surface area contributed by atoms with Gasteiger partial charge in [0.1, 0.15) is 10.4 Å². The summed E-state index contributed by atoms with van der Waals surface area (Å²) in [6.07, 6.45) is 3.86. The van der Waals surface area contributed by atoms with Crippen LogP contribution in [0.4, 0.5) is 5.69 Å². The normalized spacial score (nSPS) is 15.4. The van der Waals surface area contributed by atoms with Gasteiger partial charge in [0.05, 0.1) is 24.3 Å². The summed E-state index contributed by atoms with van der Waals surface area (Å²) in [5.41, 5.74) is 2.64. The fraction of sp³-hybridized carbons (Fsp3) is 0.444. The summed E-state index contributed by atoms with van der Waals surface area (Å²) < 4.78 is 78.7. The Labute approximate surface area is 249 Å². The molecule has 224 valence electrons. The molecule has 14 heteroatoms. The predicted octanol–water partition coefficient (Wildman–Crippen LogP) is 5.02. The summed E-state index contributed by atoms with van der Waals surface area (Å²) in [4.78, 5) is 1.87. The highest BCUT2D eigenvalue weighted by molar-refractivity contribution is 7.86. The van der Waals surface area contributed by atoms with Gasteiger partial charge < -0.3 is 14.4 Å². The Hall–Kier alpha value is -2.42. The first kappa shape index (κ1) is 31.5. The van der Waals surface area contributed by atoms with E-state index in [4.69, 9.17) is 21.1 Å². The van der Waals surface area contributed by atoms with Gasteiger partial charge in [0.2, 0.25) is 10.5 Å². The van der Waals surface area contributed by atoms with Crippen molar-refractivity contribution in [1.82, 2.24) is 0 Å². The predicted molar refractivity (Wildman–Crippen MR) is 160 cm³/mol. The van der Waals surface area contributed by atoms with Crippen molar-refractivity contribution in [3.63, 3.8) is 0 Å². The van der Waals surface area contributed by atoms with Crippen LogP contribution in [-0.2, 0) is 33.2 Å². The molecule has 4 rings (SSSR count). The Morgan fingerprint density at radius 1 is 1.12 bits per heavy atom. The van der Waals surface area contributed by atoms with Gasteiger partial charge in [-0.15, -0.1) is 0 Å². The number of rotatable bonds is 13. The van der Waals surface area contributed by atoms with Gasteiger partial charge in [-0.1, -0.05) is 29.9 Å². The standard InChI is InChI=1S/C27H33ClN2O8S3/c1-4-19(14-26-29(9-5-11-40(31,32)33)21-16-20(28)7-8-23(21)38-26)15-27-30(10-6-12-41(34,35)36)22-13-18(2)24(37-3)17-25(22)39-27/h7-8,13-14,16-17,19H,4-6,9-12,15H2,1-3H3,(H-,31,32,33,34,35,36)/p+1. The number of thiazole rings is 1. The van der Waals surface area contributed by atoms with E-state index in [-0.39, 0.29) is 30.3 Å². The number of nitrogens with zero attached hydrogens (tertiary/aromatic N) is 2. The van der Waals surface area contributed by atoms with Crippen LogP contribution < -0.4 is 18.9 Å². The molecule has 1 atom stereocenters. The lowest BCUT2D eigenvalue weighted by Gasteiger charge is -2.20. The van der Waals surface area contributed by atoms with Crippen LogP contribution in [0.25, 0.3) is 10.2 Å². The van der Waals surface area contributed by atoms with Crippen LogP contribution in [0.1, 0.15) is 36.8 Å². The molecule has 0 saturated carbocycles. The van der Waals surface area contributed by atoms with E-state index >= 15 is 0 Å². The van der Waals surface area contributed by atoms with Crippen LogP contribution in [0.2, 0.25) is 5.02 Å². The summed E-state index contributed by atoms with van der Waals surface area (Å²) in [7, 11) is -6.57. The number of ether oxygens (including phenoxy) is 2. The molecular formula is C27H34ClN2O8S3+. The molecule has 1 aliphatic heterocycles. The third-order valence-corrected chi connectivity index (χ3v) is 9.91. The third kappa shape index (κ3) is 8.11. The molecule has 1 aromatic heterocycles. The number of hydrogen-bond acceptors (Lipinski definition) is 8. The van der Waals surface area contributed by atoms with Gasteiger partial charge >= 0.3 is 0 Å². The van der Waals surface area contributed by atoms with E-state index in [1.165, 1.54) is 0 Å². The van der Waals surface area contributed by atoms with E-state index < -0.39 is 20.2 Å². The van der Waals surface area contributed by atoms with Gasteiger partial charge in [-0.2, -0.15) is 21.4 Å². The van der Waals surface area contributed by atoms with Gasteiger partial charge in [0, 0.05) is 36.5 Å². The van der Waals surface area contributed by atoms with Crippen LogP contribution >= 0.6 is 22.9 Å². The maximum absolute atomic E-state index is 11.4. The van der Waals surface area contributed by atoms with Crippen LogP contribution in [0.15, 0.2) is 42.3 Å². The Bertz CT molecular complexity index is 1670. The largest absolute Gasteiger partial charge is 0.496 e. The molecule has 1 aliphatic rings. The van der Waals surface area contributed by atoms with Crippen molar-refractivity contribution in [3.05, 3.63) is 57.9 Å². The average Bonchev–Trinajstić information content (AvgIpc) is 3.38. The molecule has 0 amide bonds. The number of aromatic nitrogens is 1. The minimum Gasteiger partial charge on any atom is -0.496 e. The summed E-state index contributed by atoms with van der Waals surface area (Å²) in [6, 6.07) is 9.25. The maximum atomic E-state index is 11.4. The smallest absolute Gasteiger partial charge is 0.265 e. The number of benzene rings is 2. The molecule has 0 fully saturated rings. The SMILES string of the molecule is CCC(C=C1Oc2ccc(Cl)cc2N1CCCS(=O)(=O)O)Cc1sc2cc(OC)c(C)cc2[n+]1CCCS(=O)(=O)O. The highest BCUT2D eigenvalue weighted by Crippen LogP contribution is 2.41. The van der Waals surface area contributed by atoms with Gasteiger partial charge in [-0.05, 0) is 55.5 Å². The lowest BCUT2D eigenvalue weighted by Crippen LogP contribution is -2.38. The molecule has 2 N–H and O–H groups in total. The zero-order chi connectivity index (χ0) is 29.9. The Morgan fingerprint density at radius 3 is 2.49 bits per heavy atom. The second-order valence-electron chi connectivity index (χ2n) is 9.96. The van der Waals surface area contributed by atoms with Gasteiger partial charge in [-0.3, -0.25) is 9.11 Å². The number of halogens is 1. The molecule has 3 aromatic rings. The van der Waals surface area contributed by atoms with Crippen LogP contribution in [-0.4, -0.2) is 51.1 Å². The highest BCUT2D eigenvalue weighted by atomic mass is 35.5. The van der Waals surface area contributed by atoms with E-state index in [9.17, 15) is 25.9 Å². The number of methoxy groups -OCH3 is 1.